The first kappa shape index (κ1) is 49.7. The summed E-state index contributed by atoms with van der Waals surface area (Å²) in [5.74, 6) is -11.4. The van der Waals surface area contributed by atoms with Crippen molar-refractivity contribution in [2.24, 2.45) is 5.92 Å². The van der Waals surface area contributed by atoms with Crippen molar-refractivity contribution in [3.63, 3.8) is 0 Å². The van der Waals surface area contributed by atoms with Crippen LogP contribution in [0.25, 0.3) is 0 Å². The standard InChI is InChI=1S/C32H51N7O15S/c1-14(2)26(39-29(51)19(7-8-23(43)44)37-30(52)20(11-24(45)46)36-18(6)41)31(53)38-21(12-25(47)48)32(54,55)10-9-22(42)34-16(4)28(50)35-17(5)27(49)33-15(3)13-40/h13-17,19-21,26,54-55H,7-12H2,1-6H3,(H,33,49)(H,34,42)(H,35,50)(H,36,41)(H,37,52)(H,38,53)(H,39,51)(H,43,44)(H,45,46)(H,47,48)/t15-,16-,17-,19-,20-,21-,26-,32-/m0/s1. The van der Waals surface area contributed by atoms with Gasteiger partial charge in [0.1, 0.15) is 41.4 Å². The minimum absolute atomic E-state index is 0.484. The normalized spacial score (nSPS) is 15.8. The Balaban J connectivity index is 5.87. The van der Waals surface area contributed by atoms with Gasteiger partial charge in [0.25, 0.3) is 0 Å². The van der Waals surface area contributed by atoms with E-state index in [4.69, 9.17) is 10.2 Å². The molecule has 7 amide bonds. The van der Waals surface area contributed by atoms with Crippen LogP contribution in [0.3, 0.4) is 0 Å². The van der Waals surface area contributed by atoms with E-state index in [2.05, 4.69) is 49.8 Å². The van der Waals surface area contributed by atoms with Crippen LogP contribution < -0.4 is 37.2 Å². The molecule has 0 radical (unpaired) electrons. The van der Waals surface area contributed by atoms with Gasteiger partial charge in [-0.05, 0) is 39.5 Å². The van der Waals surface area contributed by atoms with Gasteiger partial charge in [0, 0.05) is 19.8 Å². The van der Waals surface area contributed by atoms with Gasteiger partial charge < -0.3 is 62.4 Å². The molecule has 0 aliphatic carbocycles. The molecule has 0 saturated heterocycles. The number of nitrogens with one attached hydrogen (secondary N) is 7. The summed E-state index contributed by atoms with van der Waals surface area (Å²) in [6.07, 6.45) is -3.65. The fourth-order valence-corrected chi connectivity index (χ4v) is 4.90. The minimum atomic E-state index is -2.38. The molecule has 0 aromatic heterocycles. The first-order valence-corrected chi connectivity index (χ1v) is 17.4. The minimum Gasteiger partial charge on any atom is -0.481 e. The summed E-state index contributed by atoms with van der Waals surface area (Å²) in [5.41, 5.74) is 0. The third-order valence-electron chi connectivity index (χ3n) is 7.67. The van der Waals surface area contributed by atoms with Crippen molar-refractivity contribution in [2.45, 2.75) is 127 Å². The number of amides is 7. The highest BCUT2D eigenvalue weighted by molar-refractivity contribution is 7.81. The molecule has 0 saturated carbocycles. The highest BCUT2D eigenvalue weighted by Gasteiger charge is 2.39. The lowest BCUT2D eigenvalue weighted by Gasteiger charge is -2.34. The number of carboxylic acids is 3. The van der Waals surface area contributed by atoms with E-state index < -0.39 is 151 Å². The van der Waals surface area contributed by atoms with E-state index in [0.29, 0.717) is 6.29 Å². The van der Waals surface area contributed by atoms with Gasteiger partial charge in [0.05, 0.1) is 24.9 Å². The summed E-state index contributed by atoms with van der Waals surface area (Å²) < 4.78 is 0. The van der Waals surface area contributed by atoms with Crippen LogP contribution in [0.15, 0.2) is 0 Å². The number of aliphatic carboxylic acids is 3. The summed E-state index contributed by atoms with van der Waals surface area (Å²) in [6, 6.07) is -9.57. The van der Waals surface area contributed by atoms with Crippen LogP contribution in [0.5, 0.6) is 0 Å². The van der Waals surface area contributed by atoms with E-state index in [-0.39, 0.29) is 0 Å². The second kappa shape index (κ2) is 23.5. The fraction of sp³-hybridized carbons (Fsp3) is 0.656. The van der Waals surface area contributed by atoms with E-state index in [0.717, 1.165) is 6.92 Å². The maximum atomic E-state index is 13.5. The Morgan fingerprint density at radius 3 is 1.64 bits per heavy atom. The molecule has 23 heteroatoms. The van der Waals surface area contributed by atoms with Gasteiger partial charge in [-0.1, -0.05) is 13.8 Å². The highest BCUT2D eigenvalue weighted by Crippen LogP contribution is 2.25. The summed E-state index contributed by atoms with van der Waals surface area (Å²) in [4.78, 5) is 131. The lowest BCUT2D eigenvalue weighted by atomic mass is 9.98. The Labute approximate surface area is 321 Å². The number of aliphatic hydroxyl groups is 1. The zero-order valence-corrected chi connectivity index (χ0v) is 32.1. The summed E-state index contributed by atoms with van der Waals surface area (Å²) >= 11 is 4.10. The van der Waals surface area contributed by atoms with E-state index in [1.165, 1.54) is 34.6 Å². The Morgan fingerprint density at radius 1 is 0.618 bits per heavy atom. The Hall–Kier alpha value is -5.32. The average Bonchev–Trinajstić information content (AvgIpc) is 3.05. The molecular weight excluding hydrogens is 754 g/mol. The van der Waals surface area contributed by atoms with E-state index >= 15 is 0 Å². The van der Waals surface area contributed by atoms with Gasteiger partial charge in [-0.25, -0.2) is 0 Å². The van der Waals surface area contributed by atoms with Crippen molar-refractivity contribution in [1.82, 2.24) is 37.2 Å². The van der Waals surface area contributed by atoms with E-state index in [1.807, 2.05) is 0 Å². The smallest absolute Gasteiger partial charge is 0.305 e. The van der Waals surface area contributed by atoms with Gasteiger partial charge in [-0.15, -0.1) is 12.6 Å². The van der Waals surface area contributed by atoms with Gasteiger partial charge in [-0.2, -0.15) is 0 Å². The maximum Gasteiger partial charge on any atom is 0.305 e. The molecule has 55 heavy (non-hydrogen) atoms. The number of aldehydes is 1. The summed E-state index contributed by atoms with van der Waals surface area (Å²) in [5, 5.41) is 54.9. The van der Waals surface area contributed by atoms with Crippen molar-refractivity contribution in [3.05, 3.63) is 0 Å². The Kier molecular flexibility index (Phi) is 21.2. The number of hydrogen-bond acceptors (Lipinski definition) is 13. The number of carboxylic acid groups (broad SMARTS) is 3. The molecule has 310 valence electrons. The van der Waals surface area contributed by atoms with Crippen LogP contribution in [0.4, 0.5) is 0 Å². The molecule has 0 aliphatic rings. The van der Waals surface area contributed by atoms with Gasteiger partial charge >= 0.3 is 17.9 Å². The average molecular weight is 806 g/mol. The predicted molar refractivity (Wildman–Crippen MR) is 192 cm³/mol. The molecular formula is C32H51N7O15S. The largest absolute Gasteiger partial charge is 0.481 e. The second-order valence-corrected chi connectivity index (χ2v) is 13.8. The van der Waals surface area contributed by atoms with E-state index in [1.54, 1.807) is 0 Å². The topological polar surface area (TPSA) is 353 Å². The lowest BCUT2D eigenvalue weighted by molar-refractivity contribution is -0.142. The second-order valence-electron chi connectivity index (χ2n) is 13.1. The van der Waals surface area contributed by atoms with Crippen molar-refractivity contribution in [1.29, 1.82) is 0 Å². The van der Waals surface area contributed by atoms with Gasteiger partial charge in [0.15, 0.2) is 0 Å². The number of carbonyl (C=O) groups is 11. The summed E-state index contributed by atoms with van der Waals surface area (Å²) in [7, 11) is 0. The first-order chi connectivity index (χ1) is 25.3. The molecule has 0 bridgehead atoms. The quantitative estimate of drug-likeness (QED) is 0.0242. The zero-order chi connectivity index (χ0) is 42.8. The van der Waals surface area contributed by atoms with E-state index in [9.17, 15) is 63.0 Å². The first-order valence-electron chi connectivity index (χ1n) is 16.9. The van der Waals surface area contributed by atoms with Crippen molar-refractivity contribution < 1.29 is 73.2 Å². The molecule has 0 spiro atoms. The maximum absolute atomic E-state index is 13.5. The number of carbonyl (C=O) groups excluding carboxylic acids is 8. The third kappa shape index (κ3) is 19.5. The Morgan fingerprint density at radius 2 is 1.15 bits per heavy atom. The fourth-order valence-electron chi connectivity index (χ4n) is 4.63. The van der Waals surface area contributed by atoms with Crippen LogP contribution in [0.2, 0.25) is 0 Å². The third-order valence-corrected chi connectivity index (χ3v) is 8.20. The Bertz CT molecular complexity index is 1440. The van der Waals surface area contributed by atoms with Crippen molar-refractivity contribution in [3.8, 4) is 0 Å². The molecule has 0 fully saturated rings. The van der Waals surface area contributed by atoms with Crippen LogP contribution in [-0.2, 0) is 52.7 Å². The molecule has 0 unspecified atom stereocenters. The van der Waals surface area contributed by atoms with Crippen LogP contribution >= 0.6 is 12.6 Å². The number of rotatable bonds is 25. The number of hydrogen-bond donors (Lipinski definition) is 12. The monoisotopic (exact) mass is 805 g/mol. The molecule has 0 rings (SSSR count). The molecule has 22 nitrogen and oxygen atoms in total. The molecule has 0 aliphatic heterocycles. The molecule has 11 N–H and O–H groups in total. The summed E-state index contributed by atoms with van der Waals surface area (Å²) in [6.45, 7) is 8.00. The highest BCUT2D eigenvalue weighted by atomic mass is 32.1. The van der Waals surface area contributed by atoms with Crippen LogP contribution in [0, 0.1) is 5.92 Å². The zero-order valence-electron chi connectivity index (χ0n) is 31.2. The van der Waals surface area contributed by atoms with Gasteiger partial charge in [-0.3, -0.25) is 47.9 Å². The predicted octanol–water partition coefficient (Wildman–Crippen LogP) is -3.47. The van der Waals surface area contributed by atoms with Gasteiger partial charge in [0.2, 0.25) is 41.4 Å². The molecule has 0 aromatic rings. The SMILES string of the molecule is CC(=O)N[C@@H](CC(=O)O)C(=O)N[C@@H](CCC(=O)O)C(=O)N[C@H](C(=O)N[C@@H](CC(=O)O)[C@@](O)(S)CCC(=O)N[C@@H](C)C(=O)N[C@@H](C)C(=O)N[C@@H](C)C=O)C(C)C. The van der Waals surface area contributed by atoms with Crippen molar-refractivity contribution in [2.75, 3.05) is 0 Å². The van der Waals surface area contributed by atoms with Crippen LogP contribution in [0.1, 0.15) is 80.1 Å². The van der Waals surface area contributed by atoms with Crippen molar-refractivity contribution >= 4 is 78.2 Å². The van der Waals surface area contributed by atoms with Crippen LogP contribution in [-0.4, -0.2) is 133 Å². The molecule has 0 aromatic carbocycles. The number of thiol groups is 1. The molecule has 0 heterocycles. The molecule has 8 atom stereocenters. The lowest BCUT2D eigenvalue weighted by Crippen LogP contribution is -2.60.